The zero-order valence-corrected chi connectivity index (χ0v) is 11.5. The van der Waals surface area contributed by atoms with Gasteiger partial charge in [0.05, 0.1) is 11.6 Å². The molecule has 3 N–H and O–H groups in total. The molecule has 0 aliphatic carbocycles. The predicted octanol–water partition coefficient (Wildman–Crippen LogP) is 2.14. The summed E-state index contributed by atoms with van der Waals surface area (Å²) in [6, 6.07) is 3.44. The number of carbonyl (C=O) groups is 1. The molecular weight excluding hydrogens is 250 g/mol. The van der Waals surface area contributed by atoms with E-state index in [4.69, 9.17) is 15.7 Å². The molecule has 0 fully saturated rings. The molecule has 5 nitrogen and oxygen atoms in total. The van der Waals surface area contributed by atoms with E-state index in [1.807, 2.05) is 6.07 Å². The molecule has 1 amide bonds. The number of hydrogen-bond donors (Lipinski definition) is 2. The van der Waals surface area contributed by atoms with Gasteiger partial charge in [-0.1, -0.05) is 0 Å². The minimum Gasteiger partial charge on any atom is -0.444 e. The van der Waals surface area contributed by atoms with Crippen molar-refractivity contribution in [2.24, 2.45) is 5.73 Å². The third kappa shape index (κ3) is 4.35. The average Bonchev–Trinajstić information content (AvgIpc) is 2.71. The zero-order chi connectivity index (χ0) is 13.8. The maximum Gasteiger partial charge on any atom is 0.408 e. The lowest BCUT2D eigenvalue weighted by Gasteiger charge is -2.22. The predicted molar refractivity (Wildman–Crippen MR) is 70.2 cm³/mol. The lowest BCUT2D eigenvalue weighted by Crippen LogP contribution is -2.37. The molecule has 0 saturated carbocycles. The van der Waals surface area contributed by atoms with E-state index in [1.54, 1.807) is 32.2 Å². The number of carbonyl (C=O) groups excluding carboxylic acids is 1. The summed E-state index contributed by atoms with van der Waals surface area (Å²) >= 11 is 1.39. The fourth-order valence-electron chi connectivity index (χ4n) is 1.29. The lowest BCUT2D eigenvalue weighted by atomic mass is 10.2. The molecule has 0 aromatic carbocycles. The topological polar surface area (TPSA) is 88.1 Å². The highest BCUT2D eigenvalue weighted by Crippen LogP contribution is 2.21. The Morgan fingerprint density at radius 2 is 2.33 bits per heavy atom. The summed E-state index contributed by atoms with van der Waals surface area (Å²) in [4.78, 5) is 12.5. The second kappa shape index (κ2) is 5.85. The number of hydrogen-bond acceptors (Lipinski definition) is 5. The van der Waals surface area contributed by atoms with E-state index in [0.29, 0.717) is 5.56 Å². The normalized spacial score (nSPS) is 12.6. The van der Waals surface area contributed by atoms with Gasteiger partial charge >= 0.3 is 6.09 Å². The van der Waals surface area contributed by atoms with E-state index < -0.39 is 11.7 Å². The van der Waals surface area contributed by atoms with E-state index in [2.05, 4.69) is 5.32 Å². The number of amides is 1. The van der Waals surface area contributed by atoms with Gasteiger partial charge in [-0.3, -0.25) is 0 Å². The SMILES string of the molecule is CC(C)(C)OC(=O)NC(CN)c1cc(C#N)cs1. The summed E-state index contributed by atoms with van der Waals surface area (Å²) in [5.41, 5.74) is 5.64. The fraction of sp³-hybridized carbons (Fsp3) is 0.500. The maximum absolute atomic E-state index is 11.6. The first-order valence-electron chi connectivity index (χ1n) is 5.54. The van der Waals surface area contributed by atoms with Crippen molar-refractivity contribution in [3.8, 4) is 6.07 Å². The first kappa shape index (κ1) is 14.5. The van der Waals surface area contributed by atoms with Gasteiger partial charge in [-0.2, -0.15) is 5.26 Å². The van der Waals surface area contributed by atoms with Gasteiger partial charge in [0.1, 0.15) is 11.7 Å². The molecule has 0 spiro atoms. The molecule has 0 aliphatic rings. The molecule has 98 valence electrons. The molecule has 1 unspecified atom stereocenters. The molecule has 0 aliphatic heterocycles. The minimum atomic E-state index is -0.545. The Hall–Kier alpha value is -1.58. The van der Waals surface area contributed by atoms with Gasteiger partial charge in [-0.25, -0.2) is 4.79 Å². The van der Waals surface area contributed by atoms with E-state index in [0.717, 1.165) is 4.88 Å². The van der Waals surface area contributed by atoms with Crippen molar-refractivity contribution >= 4 is 17.4 Å². The highest BCUT2D eigenvalue weighted by Gasteiger charge is 2.20. The van der Waals surface area contributed by atoms with Crippen molar-refractivity contribution < 1.29 is 9.53 Å². The van der Waals surface area contributed by atoms with Crippen LogP contribution in [0.1, 0.15) is 37.3 Å². The van der Waals surface area contributed by atoms with Crippen LogP contribution in [-0.2, 0) is 4.74 Å². The second-order valence-corrected chi connectivity index (χ2v) is 5.73. The summed E-state index contributed by atoms with van der Waals surface area (Å²) < 4.78 is 5.16. The number of nitrogens with zero attached hydrogens (tertiary/aromatic N) is 1. The Bertz CT molecular complexity index is 457. The monoisotopic (exact) mass is 267 g/mol. The van der Waals surface area contributed by atoms with Crippen LogP contribution in [0.3, 0.4) is 0 Å². The summed E-state index contributed by atoms with van der Waals surface area (Å²) in [6.07, 6.45) is -0.509. The molecule has 0 radical (unpaired) electrons. The van der Waals surface area contributed by atoms with Crippen molar-refractivity contribution in [1.29, 1.82) is 5.26 Å². The lowest BCUT2D eigenvalue weighted by molar-refractivity contribution is 0.0506. The molecule has 1 heterocycles. The Kier molecular flexibility index (Phi) is 4.70. The van der Waals surface area contributed by atoms with Gasteiger partial charge < -0.3 is 15.8 Å². The summed E-state index contributed by atoms with van der Waals surface area (Å²) in [5, 5.41) is 13.2. The van der Waals surface area contributed by atoms with E-state index in [-0.39, 0.29) is 12.6 Å². The van der Waals surface area contributed by atoms with E-state index in [1.165, 1.54) is 11.3 Å². The van der Waals surface area contributed by atoms with Crippen LogP contribution in [0.4, 0.5) is 4.79 Å². The summed E-state index contributed by atoms with van der Waals surface area (Å²) in [7, 11) is 0. The number of rotatable bonds is 3. The first-order chi connectivity index (χ1) is 8.35. The van der Waals surface area contributed by atoms with Crippen LogP contribution in [0.5, 0.6) is 0 Å². The van der Waals surface area contributed by atoms with Gasteiger partial charge in [0.25, 0.3) is 0 Å². The van der Waals surface area contributed by atoms with Crippen molar-refractivity contribution in [3.05, 3.63) is 21.9 Å². The van der Waals surface area contributed by atoms with Crippen molar-refractivity contribution in [3.63, 3.8) is 0 Å². The van der Waals surface area contributed by atoms with E-state index >= 15 is 0 Å². The largest absolute Gasteiger partial charge is 0.444 e. The molecular formula is C12H17N3O2S. The third-order valence-electron chi connectivity index (χ3n) is 2.02. The van der Waals surface area contributed by atoms with Crippen LogP contribution in [0.25, 0.3) is 0 Å². The molecule has 1 atom stereocenters. The molecule has 18 heavy (non-hydrogen) atoms. The molecule has 1 rings (SSSR count). The van der Waals surface area contributed by atoms with E-state index in [9.17, 15) is 4.79 Å². The van der Waals surface area contributed by atoms with Crippen LogP contribution < -0.4 is 11.1 Å². The molecule has 0 bridgehead atoms. The second-order valence-electron chi connectivity index (χ2n) is 4.78. The summed E-state index contributed by atoms with van der Waals surface area (Å²) in [6.45, 7) is 5.64. The van der Waals surface area contributed by atoms with Crippen LogP contribution in [-0.4, -0.2) is 18.2 Å². The van der Waals surface area contributed by atoms with Gasteiger partial charge in [0, 0.05) is 16.8 Å². The van der Waals surface area contributed by atoms with Crippen LogP contribution in [0.15, 0.2) is 11.4 Å². The molecule has 6 heteroatoms. The van der Waals surface area contributed by atoms with Crippen LogP contribution in [0.2, 0.25) is 0 Å². The quantitative estimate of drug-likeness (QED) is 0.878. The number of nitrogens with one attached hydrogen (secondary N) is 1. The number of alkyl carbamates (subject to hydrolysis) is 1. The highest BCUT2D eigenvalue weighted by molar-refractivity contribution is 7.10. The molecule has 1 aromatic rings. The van der Waals surface area contributed by atoms with Gasteiger partial charge in [-0.15, -0.1) is 11.3 Å². The summed E-state index contributed by atoms with van der Waals surface area (Å²) in [5.74, 6) is 0. The zero-order valence-electron chi connectivity index (χ0n) is 10.7. The maximum atomic E-state index is 11.6. The van der Waals surface area contributed by atoms with Gasteiger partial charge in [0.2, 0.25) is 0 Å². The third-order valence-corrected chi connectivity index (χ3v) is 3.07. The Labute approximate surface area is 111 Å². The number of nitrogens with two attached hydrogens (primary N) is 1. The van der Waals surface area contributed by atoms with Gasteiger partial charge in [-0.05, 0) is 26.8 Å². The van der Waals surface area contributed by atoms with Crippen molar-refractivity contribution in [1.82, 2.24) is 5.32 Å². The fourth-order valence-corrected chi connectivity index (χ4v) is 2.19. The Balaban J connectivity index is 2.68. The standard InChI is InChI=1S/C12H17N3O2S/c1-12(2,3)17-11(16)15-9(6-14)10-4-8(5-13)7-18-10/h4,7,9H,6,14H2,1-3H3,(H,15,16). The van der Waals surface area contributed by atoms with Crippen LogP contribution in [0, 0.1) is 11.3 Å². The molecule has 0 saturated heterocycles. The highest BCUT2D eigenvalue weighted by atomic mass is 32.1. The minimum absolute atomic E-state index is 0.255. The smallest absolute Gasteiger partial charge is 0.408 e. The average molecular weight is 267 g/mol. The van der Waals surface area contributed by atoms with Crippen LogP contribution >= 0.6 is 11.3 Å². The Morgan fingerprint density at radius 3 is 2.78 bits per heavy atom. The first-order valence-corrected chi connectivity index (χ1v) is 6.42. The Morgan fingerprint density at radius 1 is 1.67 bits per heavy atom. The number of thiophene rings is 1. The number of ether oxygens (including phenoxy) is 1. The number of nitriles is 1. The van der Waals surface area contributed by atoms with Crippen molar-refractivity contribution in [2.75, 3.05) is 6.54 Å². The molecule has 1 aromatic heterocycles. The van der Waals surface area contributed by atoms with Gasteiger partial charge in [0.15, 0.2) is 0 Å². The van der Waals surface area contributed by atoms with Crippen molar-refractivity contribution in [2.45, 2.75) is 32.4 Å².